The summed E-state index contributed by atoms with van der Waals surface area (Å²) in [5, 5.41) is 13.8. The fourth-order valence-electron chi connectivity index (χ4n) is 3.13. The van der Waals surface area contributed by atoms with Crippen molar-refractivity contribution >= 4 is 62.5 Å². The number of nitrogens with one attached hydrogen (secondary N) is 1. The van der Waals surface area contributed by atoms with Gasteiger partial charge in [0.05, 0.1) is 46.5 Å². The lowest BCUT2D eigenvalue weighted by molar-refractivity contribution is -0.384. The van der Waals surface area contributed by atoms with Crippen molar-refractivity contribution in [2.75, 3.05) is 25.3 Å². The standard InChI is InChI=1S/C24H20N4O5S2/c1-32-18-7-9-21(33-2)20(12-18)26-23(29)14-34-24-27-19-8-6-16(11-22(19)35-24)25-13-15-4-3-5-17(10-15)28(30)31/h3-13H,14H2,1-2H3,(H,26,29). The molecule has 0 atom stereocenters. The zero-order valence-corrected chi connectivity index (χ0v) is 20.4. The quantitative estimate of drug-likeness (QED) is 0.133. The summed E-state index contributed by atoms with van der Waals surface area (Å²) < 4.78 is 12.2. The lowest BCUT2D eigenvalue weighted by atomic mass is 10.2. The number of benzene rings is 3. The number of amides is 1. The third-order valence-electron chi connectivity index (χ3n) is 4.80. The van der Waals surface area contributed by atoms with Gasteiger partial charge in [0.2, 0.25) is 5.91 Å². The van der Waals surface area contributed by atoms with Gasteiger partial charge in [-0.3, -0.25) is 19.9 Å². The minimum absolute atomic E-state index is 0.0161. The van der Waals surface area contributed by atoms with Gasteiger partial charge in [0, 0.05) is 24.4 Å². The first kappa shape index (κ1) is 24.2. The number of hydrogen-bond acceptors (Lipinski definition) is 9. The molecule has 1 aromatic heterocycles. The Morgan fingerprint density at radius 3 is 2.80 bits per heavy atom. The lowest BCUT2D eigenvalue weighted by Crippen LogP contribution is -2.14. The van der Waals surface area contributed by atoms with Crippen molar-refractivity contribution in [2.24, 2.45) is 4.99 Å². The number of methoxy groups -OCH3 is 2. The topological polar surface area (TPSA) is 116 Å². The summed E-state index contributed by atoms with van der Waals surface area (Å²) in [6.07, 6.45) is 1.59. The number of anilines is 1. The molecule has 4 aromatic rings. The second-order valence-electron chi connectivity index (χ2n) is 7.15. The zero-order chi connectivity index (χ0) is 24.8. The molecule has 35 heavy (non-hydrogen) atoms. The Kier molecular flexibility index (Phi) is 7.58. The number of carbonyl (C=O) groups excluding carboxylic acids is 1. The molecule has 0 aliphatic heterocycles. The normalized spacial score (nSPS) is 11.0. The Balaban J connectivity index is 1.41. The number of non-ortho nitro benzene ring substituents is 1. The minimum atomic E-state index is -0.437. The number of carbonyl (C=O) groups is 1. The number of thioether (sulfide) groups is 1. The number of hydrogen-bond donors (Lipinski definition) is 1. The van der Waals surface area contributed by atoms with E-state index in [0.717, 1.165) is 14.6 Å². The highest BCUT2D eigenvalue weighted by molar-refractivity contribution is 8.01. The number of nitro benzene ring substituents is 1. The molecule has 1 amide bonds. The molecule has 0 bridgehead atoms. The maximum absolute atomic E-state index is 12.5. The first-order chi connectivity index (χ1) is 16.9. The number of aliphatic imine (C=N–C) groups is 1. The van der Waals surface area contributed by atoms with E-state index in [-0.39, 0.29) is 17.3 Å². The van der Waals surface area contributed by atoms with E-state index in [2.05, 4.69) is 15.3 Å². The van der Waals surface area contributed by atoms with E-state index in [1.165, 1.54) is 42.3 Å². The summed E-state index contributed by atoms with van der Waals surface area (Å²) in [5.41, 5.74) is 2.70. The SMILES string of the molecule is COc1ccc(OC)c(NC(=O)CSc2nc3ccc(N=Cc4cccc([N+](=O)[O-])c4)cc3s2)c1. The first-order valence-electron chi connectivity index (χ1n) is 10.3. The summed E-state index contributed by atoms with van der Waals surface area (Å²) in [7, 11) is 3.09. The third-order valence-corrected chi connectivity index (χ3v) is 6.96. The molecule has 0 aliphatic rings. The Morgan fingerprint density at radius 2 is 2.03 bits per heavy atom. The molecular formula is C24H20N4O5S2. The maximum Gasteiger partial charge on any atom is 0.270 e. The number of rotatable bonds is 9. The lowest BCUT2D eigenvalue weighted by Gasteiger charge is -2.11. The molecule has 4 rings (SSSR count). The van der Waals surface area contributed by atoms with Gasteiger partial charge >= 0.3 is 0 Å². The van der Waals surface area contributed by atoms with Crippen LogP contribution in [0, 0.1) is 10.1 Å². The van der Waals surface area contributed by atoms with E-state index in [0.29, 0.717) is 28.4 Å². The van der Waals surface area contributed by atoms with Crippen molar-refractivity contribution in [2.45, 2.75) is 4.34 Å². The number of thiazole rings is 1. The molecular weight excluding hydrogens is 488 g/mol. The Bertz CT molecular complexity index is 1420. The number of fused-ring (bicyclic) bond motifs is 1. The summed E-state index contributed by atoms with van der Waals surface area (Å²) in [6.45, 7) is 0. The van der Waals surface area contributed by atoms with Gasteiger partial charge in [-0.25, -0.2) is 4.98 Å². The molecule has 0 saturated carbocycles. The van der Waals surface area contributed by atoms with Crippen LogP contribution in [0.3, 0.4) is 0 Å². The van der Waals surface area contributed by atoms with Crippen LogP contribution in [0.25, 0.3) is 10.2 Å². The van der Waals surface area contributed by atoms with Crippen LogP contribution in [0.5, 0.6) is 11.5 Å². The van der Waals surface area contributed by atoms with Crippen molar-refractivity contribution in [1.82, 2.24) is 4.98 Å². The van der Waals surface area contributed by atoms with Crippen molar-refractivity contribution in [3.8, 4) is 11.5 Å². The molecule has 1 heterocycles. The smallest absolute Gasteiger partial charge is 0.270 e. The van der Waals surface area contributed by atoms with Gasteiger partial charge in [-0.05, 0) is 35.9 Å². The first-order valence-corrected chi connectivity index (χ1v) is 12.1. The molecule has 0 aliphatic carbocycles. The Hall–Kier alpha value is -3.96. The van der Waals surface area contributed by atoms with Gasteiger partial charge in [-0.15, -0.1) is 11.3 Å². The van der Waals surface area contributed by atoms with Crippen LogP contribution in [0.1, 0.15) is 5.56 Å². The number of nitrogens with zero attached hydrogens (tertiary/aromatic N) is 3. The zero-order valence-electron chi connectivity index (χ0n) is 18.8. The van der Waals surface area contributed by atoms with E-state index in [4.69, 9.17) is 9.47 Å². The van der Waals surface area contributed by atoms with Crippen molar-refractivity contribution in [1.29, 1.82) is 0 Å². The van der Waals surface area contributed by atoms with Crippen LogP contribution < -0.4 is 14.8 Å². The summed E-state index contributed by atoms with van der Waals surface area (Å²) in [4.78, 5) is 32.0. The number of aromatic nitrogens is 1. The fraction of sp³-hybridized carbons (Fsp3) is 0.125. The van der Waals surface area contributed by atoms with E-state index in [1.807, 2.05) is 18.2 Å². The van der Waals surface area contributed by atoms with Crippen LogP contribution in [0.2, 0.25) is 0 Å². The highest BCUT2D eigenvalue weighted by Crippen LogP contribution is 2.33. The molecule has 3 aromatic carbocycles. The van der Waals surface area contributed by atoms with E-state index in [9.17, 15) is 14.9 Å². The van der Waals surface area contributed by atoms with Gasteiger partial charge in [0.15, 0.2) is 4.34 Å². The summed E-state index contributed by atoms with van der Waals surface area (Å²) in [6, 6.07) is 17.0. The highest BCUT2D eigenvalue weighted by atomic mass is 32.2. The van der Waals surface area contributed by atoms with Crippen LogP contribution in [0.4, 0.5) is 17.1 Å². The average molecular weight is 509 g/mol. The average Bonchev–Trinajstić information content (AvgIpc) is 3.28. The molecule has 0 saturated heterocycles. The number of nitro groups is 1. The van der Waals surface area contributed by atoms with Crippen molar-refractivity contribution in [3.05, 3.63) is 76.3 Å². The van der Waals surface area contributed by atoms with E-state index in [1.54, 1.807) is 43.7 Å². The molecule has 0 unspecified atom stereocenters. The van der Waals surface area contributed by atoms with Gasteiger partial charge < -0.3 is 14.8 Å². The predicted molar refractivity (Wildman–Crippen MR) is 139 cm³/mol. The highest BCUT2D eigenvalue weighted by Gasteiger charge is 2.12. The molecule has 0 fully saturated rings. The van der Waals surface area contributed by atoms with Gasteiger partial charge in [-0.2, -0.15) is 0 Å². The Labute approximate surface area is 209 Å². The van der Waals surface area contributed by atoms with Gasteiger partial charge in [-0.1, -0.05) is 23.9 Å². The minimum Gasteiger partial charge on any atom is -0.497 e. The van der Waals surface area contributed by atoms with E-state index < -0.39 is 4.92 Å². The van der Waals surface area contributed by atoms with Gasteiger partial charge in [0.1, 0.15) is 11.5 Å². The van der Waals surface area contributed by atoms with Crippen LogP contribution in [0.15, 0.2) is 70.0 Å². The van der Waals surface area contributed by atoms with Gasteiger partial charge in [0.25, 0.3) is 5.69 Å². The molecule has 0 radical (unpaired) electrons. The third kappa shape index (κ3) is 6.14. The number of ether oxygens (including phenoxy) is 2. The Morgan fingerprint density at radius 1 is 1.17 bits per heavy atom. The monoisotopic (exact) mass is 508 g/mol. The largest absolute Gasteiger partial charge is 0.497 e. The second kappa shape index (κ2) is 11.0. The van der Waals surface area contributed by atoms with E-state index >= 15 is 0 Å². The molecule has 9 nitrogen and oxygen atoms in total. The maximum atomic E-state index is 12.5. The van der Waals surface area contributed by atoms with Crippen LogP contribution >= 0.6 is 23.1 Å². The summed E-state index contributed by atoms with van der Waals surface area (Å²) >= 11 is 2.80. The van der Waals surface area contributed by atoms with Crippen molar-refractivity contribution < 1.29 is 19.2 Å². The predicted octanol–water partition coefficient (Wildman–Crippen LogP) is 5.70. The molecule has 11 heteroatoms. The van der Waals surface area contributed by atoms with Crippen LogP contribution in [-0.2, 0) is 4.79 Å². The van der Waals surface area contributed by atoms with Crippen LogP contribution in [-0.4, -0.2) is 42.0 Å². The molecule has 0 spiro atoms. The molecule has 1 N–H and O–H groups in total. The fourth-order valence-corrected chi connectivity index (χ4v) is 5.03. The molecule has 178 valence electrons. The van der Waals surface area contributed by atoms with Crippen molar-refractivity contribution in [3.63, 3.8) is 0 Å². The summed E-state index contributed by atoms with van der Waals surface area (Å²) in [5.74, 6) is 1.15. The second-order valence-corrected chi connectivity index (χ2v) is 9.40.